The largest absolute Gasteiger partial charge is 0.489 e. The minimum atomic E-state index is -4.24. The summed E-state index contributed by atoms with van der Waals surface area (Å²) in [6, 6.07) is 23.1. The van der Waals surface area contributed by atoms with Crippen LogP contribution in [0.5, 0.6) is 5.75 Å². The van der Waals surface area contributed by atoms with Gasteiger partial charge in [0.25, 0.3) is 10.0 Å². The minimum absolute atomic E-state index is 0.0179. The molecule has 0 saturated carbocycles. The molecule has 0 bridgehead atoms. The zero-order valence-corrected chi connectivity index (χ0v) is 20.3. The molecule has 5 rings (SSSR count). The Morgan fingerprint density at radius 3 is 2.29 bits per heavy atom. The first-order chi connectivity index (χ1) is 16.8. The van der Waals surface area contributed by atoms with E-state index in [4.69, 9.17) is 27.9 Å². The van der Waals surface area contributed by atoms with Gasteiger partial charge in [-0.2, -0.15) is 0 Å². The number of carboxylic acids is 1. The maximum atomic E-state index is 13.8. The molecule has 1 N–H and O–H groups in total. The summed E-state index contributed by atoms with van der Waals surface area (Å²) < 4.78 is 34.2. The third-order valence-corrected chi connectivity index (χ3v) is 8.15. The van der Waals surface area contributed by atoms with Crippen LogP contribution in [0.15, 0.2) is 89.8 Å². The molecular formula is C26H17Cl2NO5S. The predicted octanol–water partition coefficient (Wildman–Crippen LogP) is 6.62. The quantitative estimate of drug-likeness (QED) is 0.269. The molecule has 0 amide bonds. The highest BCUT2D eigenvalue weighted by molar-refractivity contribution is 7.90. The second-order valence-electron chi connectivity index (χ2n) is 7.79. The first-order valence-corrected chi connectivity index (χ1v) is 12.6. The van der Waals surface area contributed by atoms with Gasteiger partial charge in [0, 0.05) is 26.4 Å². The molecule has 1 heterocycles. The molecule has 176 valence electrons. The molecule has 0 unspecified atom stereocenters. The number of fused-ring (bicyclic) bond motifs is 2. The summed E-state index contributed by atoms with van der Waals surface area (Å²) in [5, 5.41) is 12.4. The average Bonchev–Trinajstić information content (AvgIpc) is 3.23. The van der Waals surface area contributed by atoms with Gasteiger partial charge in [0.2, 0.25) is 0 Å². The van der Waals surface area contributed by atoms with Crippen molar-refractivity contribution in [2.75, 3.05) is 0 Å². The van der Waals surface area contributed by atoms with Crippen LogP contribution >= 0.6 is 23.2 Å². The van der Waals surface area contributed by atoms with Crippen molar-refractivity contribution < 1.29 is 23.1 Å². The van der Waals surface area contributed by atoms with Crippen LogP contribution in [0, 0.1) is 0 Å². The van der Waals surface area contributed by atoms with Crippen molar-refractivity contribution in [1.29, 1.82) is 0 Å². The number of aromatic carboxylic acids is 1. The molecule has 5 aromatic rings. The van der Waals surface area contributed by atoms with Gasteiger partial charge in [0.05, 0.1) is 10.4 Å². The fraction of sp³-hybridized carbons (Fsp3) is 0.0385. The van der Waals surface area contributed by atoms with E-state index in [1.165, 1.54) is 18.2 Å². The Hall–Kier alpha value is -3.52. The predicted molar refractivity (Wildman–Crippen MR) is 136 cm³/mol. The topological polar surface area (TPSA) is 85.6 Å². The molecule has 0 fully saturated rings. The van der Waals surface area contributed by atoms with E-state index in [0.717, 1.165) is 9.36 Å². The summed E-state index contributed by atoms with van der Waals surface area (Å²) in [7, 11) is -4.24. The van der Waals surface area contributed by atoms with Crippen LogP contribution in [0.3, 0.4) is 0 Å². The number of rotatable bonds is 6. The van der Waals surface area contributed by atoms with E-state index in [0.29, 0.717) is 32.1 Å². The maximum Gasteiger partial charge on any atom is 0.353 e. The number of hydrogen-bond acceptors (Lipinski definition) is 4. The monoisotopic (exact) mass is 525 g/mol. The van der Waals surface area contributed by atoms with E-state index in [1.54, 1.807) is 60.7 Å². The summed E-state index contributed by atoms with van der Waals surface area (Å²) >= 11 is 12.4. The standard InChI is InChI=1S/C26H17Cl2NO5S/c27-21-8-4-9-22(28)20(21)15-34-18-11-12-23-17(13-18)14-24(26(30)31)29(23)35(32,33)25-10-3-6-16-5-1-2-7-19(16)25/h1-14H,15H2,(H,30,31). The van der Waals surface area contributed by atoms with Crippen LogP contribution in [-0.2, 0) is 16.6 Å². The number of benzene rings is 4. The van der Waals surface area contributed by atoms with Crippen molar-refractivity contribution >= 4 is 60.9 Å². The zero-order chi connectivity index (χ0) is 24.7. The third-order valence-electron chi connectivity index (χ3n) is 5.66. The molecule has 9 heteroatoms. The van der Waals surface area contributed by atoms with E-state index in [2.05, 4.69) is 0 Å². The van der Waals surface area contributed by atoms with Gasteiger partial charge in [0.1, 0.15) is 18.1 Å². The molecule has 0 aliphatic heterocycles. The van der Waals surface area contributed by atoms with Gasteiger partial charge in [-0.3, -0.25) is 0 Å². The molecule has 0 saturated heterocycles. The molecule has 0 spiro atoms. The maximum absolute atomic E-state index is 13.8. The van der Waals surface area contributed by atoms with Crippen LogP contribution in [0.2, 0.25) is 10.0 Å². The number of carbonyl (C=O) groups is 1. The van der Waals surface area contributed by atoms with E-state index < -0.39 is 16.0 Å². The molecular weight excluding hydrogens is 509 g/mol. The van der Waals surface area contributed by atoms with Gasteiger partial charge in [-0.1, -0.05) is 65.7 Å². The van der Waals surface area contributed by atoms with E-state index in [-0.39, 0.29) is 22.7 Å². The van der Waals surface area contributed by atoms with Crippen LogP contribution in [0.4, 0.5) is 0 Å². The highest BCUT2D eigenvalue weighted by Gasteiger charge is 2.28. The Morgan fingerprint density at radius 2 is 1.54 bits per heavy atom. The molecule has 4 aromatic carbocycles. The lowest BCUT2D eigenvalue weighted by molar-refractivity contribution is 0.0689. The SMILES string of the molecule is O=C(O)c1cc2cc(OCc3c(Cl)cccc3Cl)ccc2n1S(=O)(=O)c1cccc2ccccc12. The van der Waals surface area contributed by atoms with Gasteiger partial charge in [-0.25, -0.2) is 17.2 Å². The van der Waals surface area contributed by atoms with Crippen molar-refractivity contribution in [1.82, 2.24) is 3.97 Å². The average molecular weight is 526 g/mol. The molecule has 1 aromatic heterocycles. The molecule has 0 atom stereocenters. The fourth-order valence-corrected chi connectivity index (χ4v) is 6.24. The Labute approximate surface area is 210 Å². The van der Waals surface area contributed by atoms with Crippen molar-refractivity contribution in [3.63, 3.8) is 0 Å². The van der Waals surface area contributed by atoms with Gasteiger partial charge in [-0.15, -0.1) is 0 Å². The van der Waals surface area contributed by atoms with Crippen LogP contribution < -0.4 is 4.74 Å². The highest BCUT2D eigenvalue weighted by atomic mass is 35.5. The molecule has 6 nitrogen and oxygen atoms in total. The summed E-state index contributed by atoms with van der Waals surface area (Å²) in [6.07, 6.45) is 0. The lowest BCUT2D eigenvalue weighted by Gasteiger charge is -2.13. The van der Waals surface area contributed by atoms with Gasteiger partial charge in [0.15, 0.2) is 0 Å². The summed E-state index contributed by atoms with van der Waals surface area (Å²) in [5.41, 5.74) is 0.455. The second kappa shape index (κ2) is 8.92. The summed E-state index contributed by atoms with van der Waals surface area (Å²) in [6.45, 7) is 0.0881. The van der Waals surface area contributed by atoms with Crippen molar-refractivity contribution in [2.45, 2.75) is 11.5 Å². The first-order valence-electron chi connectivity index (χ1n) is 10.5. The number of hydrogen-bond donors (Lipinski definition) is 1. The Morgan fingerprint density at radius 1 is 0.857 bits per heavy atom. The zero-order valence-electron chi connectivity index (χ0n) is 18.0. The van der Waals surface area contributed by atoms with Crippen molar-refractivity contribution in [3.05, 3.63) is 106 Å². The summed E-state index contributed by atoms with van der Waals surface area (Å²) in [4.78, 5) is 12.1. The second-order valence-corrected chi connectivity index (χ2v) is 10.4. The van der Waals surface area contributed by atoms with E-state index >= 15 is 0 Å². The smallest absolute Gasteiger partial charge is 0.353 e. The molecule has 0 aliphatic carbocycles. The minimum Gasteiger partial charge on any atom is -0.489 e. The number of aromatic nitrogens is 1. The Kier molecular flexibility index (Phi) is 5.92. The number of carboxylic acid groups (broad SMARTS) is 1. The van der Waals surface area contributed by atoms with Crippen molar-refractivity contribution in [3.8, 4) is 5.75 Å². The van der Waals surface area contributed by atoms with Gasteiger partial charge in [-0.05, 0) is 47.9 Å². The van der Waals surface area contributed by atoms with Gasteiger partial charge < -0.3 is 9.84 Å². The fourth-order valence-electron chi connectivity index (χ4n) is 4.01. The van der Waals surface area contributed by atoms with E-state index in [1.807, 2.05) is 6.07 Å². The number of nitrogens with zero attached hydrogens (tertiary/aromatic N) is 1. The molecule has 35 heavy (non-hydrogen) atoms. The lowest BCUT2D eigenvalue weighted by Crippen LogP contribution is -2.18. The Balaban J connectivity index is 1.61. The van der Waals surface area contributed by atoms with Gasteiger partial charge >= 0.3 is 5.97 Å². The van der Waals surface area contributed by atoms with Crippen LogP contribution in [-0.4, -0.2) is 23.5 Å². The third kappa shape index (κ3) is 4.12. The molecule has 0 aliphatic rings. The number of halogens is 2. The van der Waals surface area contributed by atoms with Crippen molar-refractivity contribution in [2.24, 2.45) is 0 Å². The van der Waals surface area contributed by atoms with Crippen LogP contribution in [0.25, 0.3) is 21.7 Å². The molecule has 0 radical (unpaired) electrons. The first kappa shape index (κ1) is 23.2. The normalized spacial score (nSPS) is 11.7. The Bertz CT molecular complexity index is 1700. The van der Waals surface area contributed by atoms with Crippen LogP contribution in [0.1, 0.15) is 16.1 Å². The number of ether oxygens (including phenoxy) is 1. The van der Waals surface area contributed by atoms with E-state index in [9.17, 15) is 18.3 Å². The summed E-state index contributed by atoms with van der Waals surface area (Å²) in [5.74, 6) is -0.958. The lowest BCUT2D eigenvalue weighted by atomic mass is 10.1. The highest BCUT2D eigenvalue weighted by Crippen LogP contribution is 2.32.